The van der Waals surface area contributed by atoms with Crippen molar-refractivity contribution >= 4 is 28.6 Å². The molecule has 4 nitrogen and oxygen atoms in total. The van der Waals surface area contributed by atoms with Gasteiger partial charge in [-0.25, -0.2) is 4.98 Å². The maximum atomic E-state index is 6.48. The molecular formula is C24H26ClN3O. The van der Waals surface area contributed by atoms with E-state index in [1.165, 1.54) is 5.56 Å². The largest absolute Gasteiger partial charge is 0.497 e. The average Bonchev–Trinajstić information content (AvgIpc) is 2.76. The molecule has 1 aromatic heterocycles. The summed E-state index contributed by atoms with van der Waals surface area (Å²) < 4.78 is 5.28. The summed E-state index contributed by atoms with van der Waals surface area (Å²) in [5, 5.41) is 1.67. The zero-order chi connectivity index (χ0) is 20.1. The van der Waals surface area contributed by atoms with Crippen molar-refractivity contribution in [2.45, 2.75) is 6.54 Å². The molecule has 0 saturated carbocycles. The minimum atomic E-state index is 0.582. The Balaban J connectivity index is 1.32. The van der Waals surface area contributed by atoms with E-state index in [0.29, 0.717) is 5.15 Å². The molecule has 0 bridgehead atoms. The van der Waals surface area contributed by atoms with Gasteiger partial charge in [-0.3, -0.25) is 9.80 Å². The summed E-state index contributed by atoms with van der Waals surface area (Å²) >= 11 is 6.48. The minimum Gasteiger partial charge on any atom is -0.497 e. The van der Waals surface area contributed by atoms with Crippen LogP contribution in [0, 0.1) is 0 Å². The third-order valence-electron chi connectivity index (χ3n) is 5.38. The second-order valence-corrected chi connectivity index (χ2v) is 7.74. The lowest BCUT2D eigenvalue weighted by Gasteiger charge is -2.34. The second kappa shape index (κ2) is 9.40. The van der Waals surface area contributed by atoms with Crippen LogP contribution in [0.5, 0.6) is 5.75 Å². The predicted molar refractivity (Wildman–Crippen MR) is 120 cm³/mol. The Morgan fingerprint density at radius 2 is 1.76 bits per heavy atom. The summed E-state index contributed by atoms with van der Waals surface area (Å²) in [6.07, 6.45) is 4.45. The minimum absolute atomic E-state index is 0.582. The summed E-state index contributed by atoms with van der Waals surface area (Å²) in [4.78, 5) is 9.52. The number of piperazine rings is 1. The summed E-state index contributed by atoms with van der Waals surface area (Å²) in [7, 11) is 1.66. The maximum absolute atomic E-state index is 6.48. The fraction of sp³-hybridized carbons (Fsp3) is 0.292. The fourth-order valence-electron chi connectivity index (χ4n) is 3.68. The highest BCUT2D eigenvalue weighted by Crippen LogP contribution is 2.25. The topological polar surface area (TPSA) is 28.6 Å². The highest BCUT2D eigenvalue weighted by atomic mass is 35.5. The van der Waals surface area contributed by atoms with Crippen LogP contribution in [0.3, 0.4) is 0 Å². The van der Waals surface area contributed by atoms with E-state index in [2.05, 4.69) is 57.3 Å². The van der Waals surface area contributed by atoms with Gasteiger partial charge in [-0.2, -0.15) is 0 Å². The lowest BCUT2D eigenvalue weighted by atomic mass is 10.1. The first-order valence-corrected chi connectivity index (χ1v) is 10.4. The van der Waals surface area contributed by atoms with Gasteiger partial charge < -0.3 is 4.74 Å². The smallest absolute Gasteiger partial charge is 0.134 e. The molecule has 0 aliphatic carbocycles. The lowest BCUT2D eigenvalue weighted by molar-refractivity contribution is 0.137. The first-order chi connectivity index (χ1) is 14.2. The predicted octanol–water partition coefficient (Wildman–Crippen LogP) is 4.73. The Kier molecular flexibility index (Phi) is 6.45. The molecule has 1 saturated heterocycles. The van der Waals surface area contributed by atoms with E-state index in [0.717, 1.165) is 61.5 Å². The molecule has 3 aromatic rings. The molecule has 0 atom stereocenters. The Hall–Kier alpha value is -2.40. The van der Waals surface area contributed by atoms with Gasteiger partial charge in [-0.05, 0) is 23.8 Å². The SMILES string of the molecule is COc1ccc2cc(CN3CCN(C/C=C/c4ccccc4)CC3)c(Cl)nc2c1. The lowest BCUT2D eigenvalue weighted by Crippen LogP contribution is -2.45. The number of ether oxygens (including phenoxy) is 1. The first kappa shape index (κ1) is 19.9. The molecule has 1 aliphatic heterocycles. The summed E-state index contributed by atoms with van der Waals surface area (Å²) in [5.74, 6) is 0.797. The first-order valence-electron chi connectivity index (χ1n) is 10.0. The van der Waals surface area contributed by atoms with Crippen molar-refractivity contribution in [3.63, 3.8) is 0 Å². The van der Waals surface area contributed by atoms with Gasteiger partial charge >= 0.3 is 0 Å². The number of pyridine rings is 1. The van der Waals surface area contributed by atoms with Crippen molar-refractivity contribution in [1.29, 1.82) is 0 Å². The number of hydrogen-bond donors (Lipinski definition) is 0. The number of methoxy groups -OCH3 is 1. The Bertz CT molecular complexity index is 982. The van der Waals surface area contributed by atoms with Crippen LogP contribution >= 0.6 is 11.6 Å². The number of benzene rings is 2. The zero-order valence-electron chi connectivity index (χ0n) is 16.7. The van der Waals surface area contributed by atoms with E-state index in [1.54, 1.807) is 7.11 Å². The number of rotatable bonds is 6. The summed E-state index contributed by atoms with van der Waals surface area (Å²) in [5.41, 5.74) is 3.21. The van der Waals surface area contributed by atoms with Crippen LogP contribution in [0.15, 0.2) is 60.7 Å². The van der Waals surface area contributed by atoms with Gasteiger partial charge in [0.1, 0.15) is 10.9 Å². The molecule has 0 unspecified atom stereocenters. The van der Waals surface area contributed by atoms with Crippen LogP contribution in [0.4, 0.5) is 0 Å². The molecule has 0 amide bonds. The van der Waals surface area contributed by atoms with Gasteiger partial charge in [0.05, 0.1) is 12.6 Å². The van der Waals surface area contributed by atoms with Crippen molar-refractivity contribution in [2.75, 3.05) is 39.8 Å². The van der Waals surface area contributed by atoms with Crippen LogP contribution < -0.4 is 4.74 Å². The molecule has 2 aromatic carbocycles. The standard InChI is InChI=1S/C24H26ClN3O/c1-29-22-10-9-20-16-21(24(25)26-23(20)17-22)18-28-14-12-27(13-15-28)11-5-8-19-6-3-2-4-7-19/h2-10,16-17H,11-15,18H2,1H3/b8-5+. The van der Waals surface area contributed by atoms with E-state index in [4.69, 9.17) is 16.3 Å². The Labute approximate surface area is 177 Å². The van der Waals surface area contributed by atoms with Crippen LogP contribution in [0.2, 0.25) is 5.15 Å². The normalized spacial score (nSPS) is 15.9. The molecule has 0 spiro atoms. The molecule has 5 heteroatoms. The van der Waals surface area contributed by atoms with Crippen LogP contribution in [0.1, 0.15) is 11.1 Å². The molecule has 1 fully saturated rings. The Morgan fingerprint density at radius 1 is 1.00 bits per heavy atom. The van der Waals surface area contributed by atoms with E-state index in [1.807, 2.05) is 24.3 Å². The Morgan fingerprint density at radius 3 is 2.52 bits per heavy atom. The molecular weight excluding hydrogens is 382 g/mol. The van der Waals surface area contributed by atoms with Crippen LogP contribution in [-0.2, 0) is 6.54 Å². The van der Waals surface area contributed by atoms with E-state index in [-0.39, 0.29) is 0 Å². The molecule has 0 radical (unpaired) electrons. The van der Waals surface area contributed by atoms with Crippen molar-refractivity contribution in [1.82, 2.24) is 14.8 Å². The molecule has 1 aliphatic rings. The number of halogens is 1. The highest BCUT2D eigenvalue weighted by molar-refractivity contribution is 6.30. The summed E-state index contributed by atoms with van der Waals surface area (Å²) in [6.45, 7) is 6.03. The van der Waals surface area contributed by atoms with Gasteiger partial charge in [-0.15, -0.1) is 0 Å². The van der Waals surface area contributed by atoms with Crippen molar-refractivity contribution in [2.24, 2.45) is 0 Å². The average molecular weight is 408 g/mol. The highest BCUT2D eigenvalue weighted by Gasteiger charge is 2.17. The van der Waals surface area contributed by atoms with Crippen LogP contribution in [0.25, 0.3) is 17.0 Å². The van der Waals surface area contributed by atoms with Gasteiger partial charge in [0.2, 0.25) is 0 Å². The fourth-order valence-corrected chi connectivity index (χ4v) is 3.88. The van der Waals surface area contributed by atoms with Crippen molar-refractivity contribution in [3.8, 4) is 5.75 Å². The van der Waals surface area contributed by atoms with Gasteiger partial charge in [0, 0.05) is 56.3 Å². The zero-order valence-corrected chi connectivity index (χ0v) is 17.5. The maximum Gasteiger partial charge on any atom is 0.134 e. The van der Waals surface area contributed by atoms with Crippen molar-refractivity contribution in [3.05, 3.63) is 77.0 Å². The second-order valence-electron chi connectivity index (χ2n) is 7.39. The van der Waals surface area contributed by atoms with Gasteiger partial charge in [0.25, 0.3) is 0 Å². The van der Waals surface area contributed by atoms with E-state index in [9.17, 15) is 0 Å². The molecule has 4 rings (SSSR count). The van der Waals surface area contributed by atoms with Gasteiger partial charge in [-0.1, -0.05) is 54.1 Å². The van der Waals surface area contributed by atoms with Crippen molar-refractivity contribution < 1.29 is 4.74 Å². The van der Waals surface area contributed by atoms with E-state index >= 15 is 0 Å². The van der Waals surface area contributed by atoms with Gasteiger partial charge in [0.15, 0.2) is 0 Å². The summed E-state index contributed by atoms with van der Waals surface area (Å²) in [6, 6.07) is 18.5. The number of aromatic nitrogens is 1. The molecule has 2 heterocycles. The molecule has 150 valence electrons. The quantitative estimate of drug-likeness (QED) is 0.552. The molecule has 29 heavy (non-hydrogen) atoms. The number of nitrogens with zero attached hydrogens (tertiary/aromatic N) is 3. The number of hydrogen-bond acceptors (Lipinski definition) is 4. The molecule has 0 N–H and O–H groups in total. The van der Waals surface area contributed by atoms with Crippen LogP contribution in [-0.4, -0.2) is 54.6 Å². The third kappa shape index (κ3) is 5.15. The van der Waals surface area contributed by atoms with E-state index < -0.39 is 0 Å². The third-order valence-corrected chi connectivity index (χ3v) is 5.71. The number of fused-ring (bicyclic) bond motifs is 1. The monoisotopic (exact) mass is 407 g/mol.